The zero-order valence-electron chi connectivity index (χ0n) is 16.2. The van der Waals surface area contributed by atoms with Crippen molar-refractivity contribution in [3.63, 3.8) is 0 Å². The first-order valence-electron chi connectivity index (χ1n) is 10.3. The lowest BCUT2D eigenvalue weighted by atomic mass is 9.96. The van der Waals surface area contributed by atoms with Crippen LogP contribution in [0.2, 0.25) is 0 Å². The highest BCUT2D eigenvalue weighted by Crippen LogP contribution is 2.40. The standard InChI is InChI=1S/C20H26N6O2/c1-28-19(27)16-7-4-10-26(16)20-21-14-6-3-2-5-13(14)18(23-20)22-17-11-15(24-25-17)12-8-9-12/h11-12,16H,2-10H2,1H3,(H2,21,22,23,24,25). The molecule has 2 N–H and O–H groups in total. The number of aromatic nitrogens is 4. The lowest BCUT2D eigenvalue weighted by molar-refractivity contribution is -0.141. The summed E-state index contributed by atoms with van der Waals surface area (Å²) in [5.74, 6) is 2.72. The molecule has 2 aromatic rings. The van der Waals surface area contributed by atoms with E-state index in [2.05, 4.69) is 21.6 Å². The van der Waals surface area contributed by atoms with E-state index >= 15 is 0 Å². The lowest BCUT2D eigenvalue weighted by Crippen LogP contribution is -2.38. The predicted molar refractivity (Wildman–Crippen MR) is 105 cm³/mol. The number of hydrogen-bond acceptors (Lipinski definition) is 7. The van der Waals surface area contributed by atoms with E-state index < -0.39 is 0 Å². The number of hydrogen-bond donors (Lipinski definition) is 2. The van der Waals surface area contributed by atoms with Crippen molar-refractivity contribution in [1.82, 2.24) is 20.2 Å². The Hall–Kier alpha value is -2.64. The summed E-state index contributed by atoms with van der Waals surface area (Å²) in [6.45, 7) is 0.772. The molecule has 2 fully saturated rings. The fourth-order valence-electron chi connectivity index (χ4n) is 4.32. The van der Waals surface area contributed by atoms with E-state index in [4.69, 9.17) is 14.7 Å². The number of nitrogens with zero attached hydrogens (tertiary/aromatic N) is 4. The van der Waals surface area contributed by atoms with Crippen molar-refractivity contribution in [3.8, 4) is 0 Å². The smallest absolute Gasteiger partial charge is 0.328 e. The van der Waals surface area contributed by atoms with Crippen molar-refractivity contribution in [2.24, 2.45) is 0 Å². The highest BCUT2D eigenvalue weighted by molar-refractivity contribution is 5.80. The molecule has 0 bridgehead atoms. The average Bonchev–Trinajstić information content (AvgIpc) is 3.26. The summed E-state index contributed by atoms with van der Waals surface area (Å²) in [5.41, 5.74) is 3.40. The van der Waals surface area contributed by atoms with Crippen molar-refractivity contribution >= 4 is 23.6 Å². The molecule has 1 saturated heterocycles. The van der Waals surface area contributed by atoms with Gasteiger partial charge in [-0.15, -0.1) is 0 Å². The van der Waals surface area contributed by atoms with Gasteiger partial charge >= 0.3 is 5.97 Å². The number of carbonyl (C=O) groups excluding carboxylic acids is 1. The number of carbonyl (C=O) groups is 1. The molecule has 2 aliphatic carbocycles. The zero-order chi connectivity index (χ0) is 19.1. The second-order valence-corrected chi connectivity index (χ2v) is 7.98. The van der Waals surface area contributed by atoms with Crippen molar-refractivity contribution in [2.45, 2.75) is 63.3 Å². The summed E-state index contributed by atoms with van der Waals surface area (Å²) in [4.78, 5) is 23.9. The summed E-state index contributed by atoms with van der Waals surface area (Å²) < 4.78 is 4.99. The highest BCUT2D eigenvalue weighted by atomic mass is 16.5. The van der Waals surface area contributed by atoms with Gasteiger partial charge in [-0.2, -0.15) is 10.1 Å². The fraction of sp³-hybridized carbons (Fsp3) is 0.600. The molecular formula is C20H26N6O2. The van der Waals surface area contributed by atoms with Gasteiger partial charge in [-0.3, -0.25) is 5.10 Å². The van der Waals surface area contributed by atoms with E-state index in [1.165, 1.54) is 25.5 Å². The third kappa shape index (κ3) is 3.21. The molecule has 1 saturated carbocycles. The minimum atomic E-state index is -0.298. The largest absolute Gasteiger partial charge is 0.467 e. The van der Waals surface area contributed by atoms with E-state index in [0.29, 0.717) is 11.9 Å². The first-order chi connectivity index (χ1) is 13.7. The normalized spacial score (nSPS) is 21.5. The Morgan fingerprint density at radius 2 is 2.07 bits per heavy atom. The van der Waals surface area contributed by atoms with Gasteiger partial charge < -0.3 is 15.0 Å². The number of ether oxygens (including phenoxy) is 1. The summed E-state index contributed by atoms with van der Waals surface area (Å²) in [6, 6.07) is 1.79. The second-order valence-electron chi connectivity index (χ2n) is 7.98. The van der Waals surface area contributed by atoms with E-state index in [9.17, 15) is 4.79 Å². The molecule has 3 heterocycles. The number of aryl methyl sites for hydroxylation is 1. The molecule has 3 aliphatic rings. The molecule has 0 radical (unpaired) electrons. The Balaban J connectivity index is 1.48. The zero-order valence-corrected chi connectivity index (χ0v) is 16.2. The van der Waals surface area contributed by atoms with E-state index in [0.717, 1.165) is 68.1 Å². The topological polar surface area (TPSA) is 96.0 Å². The first-order valence-corrected chi connectivity index (χ1v) is 10.3. The van der Waals surface area contributed by atoms with Gasteiger partial charge in [0.2, 0.25) is 5.95 Å². The maximum Gasteiger partial charge on any atom is 0.328 e. The molecule has 148 valence electrons. The molecule has 2 aromatic heterocycles. The van der Waals surface area contributed by atoms with E-state index in [1.54, 1.807) is 0 Å². The number of esters is 1. The fourth-order valence-corrected chi connectivity index (χ4v) is 4.32. The molecule has 0 aromatic carbocycles. The van der Waals surface area contributed by atoms with Gasteiger partial charge in [0.15, 0.2) is 0 Å². The van der Waals surface area contributed by atoms with Crippen molar-refractivity contribution in [3.05, 3.63) is 23.0 Å². The van der Waals surface area contributed by atoms with Crippen molar-refractivity contribution in [2.75, 3.05) is 23.9 Å². The molecule has 8 heteroatoms. The van der Waals surface area contributed by atoms with Crippen LogP contribution in [0.1, 0.15) is 61.4 Å². The summed E-state index contributed by atoms with van der Waals surface area (Å²) in [5, 5.41) is 11.0. The monoisotopic (exact) mass is 382 g/mol. The molecule has 1 aliphatic heterocycles. The molecule has 0 amide bonds. The SMILES string of the molecule is COC(=O)C1CCCN1c1nc2c(c(Nc3cc(C4CC4)n[nH]3)n1)CCCC2. The summed E-state index contributed by atoms with van der Waals surface area (Å²) in [6.07, 6.45) is 8.38. The number of rotatable bonds is 5. The number of nitrogens with one attached hydrogen (secondary N) is 2. The molecule has 5 rings (SSSR count). The summed E-state index contributed by atoms with van der Waals surface area (Å²) in [7, 11) is 1.44. The van der Waals surface area contributed by atoms with Crippen LogP contribution in [0.15, 0.2) is 6.07 Å². The Bertz CT molecular complexity index is 891. The Morgan fingerprint density at radius 1 is 1.21 bits per heavy atom. The number of methoxy groups -OCH3 is 1. The minimum absolute atomic E-state index is 0.212. The molecular weight excluding hydrogens is 356 g/mol. The Kier molecular flexibility index (Phi) is 4.41. The van der Waals surface area contributed by atoms with Crippen LogP contribution in [0, 0.1) is 0 Å². The van der Waals surface area contributed by atoms with Crippen LogP contribution in [0.4, 0.5) is 17.6 Å². The third-order valence-corrected chi connectivity index (χ3v) is 6.00. The van der Waals surface area contributed by atoms with Gasteiger partial charge in [0, 0.05) is 24.1 Å². The average molecular weight is 382 g/mol. The number of H-pyrrole nitrogens is 1. The maximum atomic E-state index is 12.2. The van der Waals surface area contributed by atoms with E-state index in [1.807, 2.05) is 4.90 Å². The maximum absolute atomic E-state index is 12.2. The van der Waals surface area contributed by atoms with Gasteiger partial charge in [-0.1, -0.05) is 0 Å². The van der Waals surface area contributed by atoms with Gasteiger partial charge in [0.1, 0.15) is 17.7 Å². The van der Waals surface area contributed by atoms with Crippen LogP contribution in [-0.2, 0) is 22.4 Å². The van der Waals surface area contributed by atoms with Crippen molar-refractivity contribution in [1.29, 1.82) is 0 Å². The third-order valence-electron chi connectivity index (χ3n) is 6.00. The van der Waals surface area contributed by atoms with Crippen LogP contribution >= 0.6 is 0 Å². The number of anilines is 3. The lowest BCUT2D eigenvalue weighted by Gasteiger charge is -2.26. The van der Waals surface area contributed by atoms with Crippen LogP contribution in [0.5, 0.6) is 0 Å². The van der Waals surface area contributed by atoms with Crippen LogP contribution < -0.4 is 10.2 Å². The van der Waals surface area contributed by atoms with Crippen LogP contribution in [-0.4, -0.2) is 45.8 Å². The number of aromatic amines is 1. The van der Waals surface area contributed by atoms with E-state index in [-0.39, 0.29) is 12.0 Å². The van der Waals surface area contributed by atoms with Crippen LogP contribution in [0.3, 0.4) is 0 Å². The molecule has 1 unspecified atom stereocenters. The van der Waals surface area contributed by atoms with Gasteiger partial charge in [0.05, 0.1) is 18.5 Å². The minimum Gasteiger partial charge on any atom is -0.467 e. The quantitative estimate of drug-likeness (QED) is 0.768. The Morgan fingerprint density at radius 3 is 2.89 bits per heavy atom. The highest BCUT2D eigenvalue weighted by Gasteiger charge is 2.34. The molecule has 28 heavy (non-hydrogen) atoms. The second kappa shape index (κ2) is 7.07. The van der Waals surface area contributed by atoms with Gasteiger partial charge in [0.25, 0.3) is 0 Å². The summed E-state index contributed by atoms with van der Waals surface area (Å²) >= 11 is 0. The van der Waals surface area contributed by atoms with Gasteiger partial charge in [-0.05, 0) is 51.4 Å². The molecule has 0 spiro atoms. The Labute approximate surface area is 164 Å². The van der Waals surface area contributed by atoms with Gasteiger partial charge in [-0.25, -0.2) is 9.78 Å². The predicted octanol–water partition coefficient (Wildman–Crippen LogP) is 2.84. The first kappa shape index (κ1) is 17.5. The van der Waals surface area contributed by atoms with Crippen LogP contribution in [0.25, 0.3) is 0 Å². The molecule has 8 nitrogen and oxygen atoms in total. The molecule has 1 atom stereocenters. The number of fused-ring (bicyclic) bond motifs is 1. The van der Waals surface area contributed by atoms with Crippen molar-refractivity contribution < 1.29 is 9.53 Å².